The number of aromatic nitrogens is 1. The van der Waals surface area contributed by atoms with Crippen LogP contribution in [-0.2, 0) is 0 Å². The number of benzene rings is 2. The minimum Gasteiger partial charge on any atom is -0.248 e. The van der Waals surface area contributed by atoms with Gasteiger partial charge in [0.25, 0.3) is 0 Å². The molecule has 0 aliphatic carbocycles. The van der Waals surface area contributed by atoms with Crippen LogP contribution in [0, 0.1) is 0 Å². The molecule has 0 saturated heterocycles. The molecule has 2 aromatic carbocycles. The van der Waals surface area contributed by atoms with E-state index in [4.69, 9.17) is 16.6 Å². The average Bonchev–Trinajstić information content (AvgIpc) is 2.67. The van der Waals surface area contributed by atoms with Gasteiger partial charge in [0.05, 0.1) is 11.4 Å². The number of halogens is 1. The van der Waals surface area contributed by atoms with E-state index < -0.39 is 0 Å². The molecule has 0 bridgehead atoms. The van der Waals surface area contributed by atoms with Crippen LogP contribution >= 0.6 is 11.6 Å². The van der Waals surface area contributed by atoms with Crippen LogP contribution in [0.1, 0.15) is 26.5 Å². The van der Waals surface area contributed by atoms with Crippen molar-refractivity contribution in [2.24, 2.45) is 0 Å². The summed E-state index contributed by atoms with van der Waals surface area (Å²) in [5.74, 6) is 0. The van der Waals surface area contributed by atoms with E-state index in [1.54, 1.807) is 0 Å². The summed E-state index contributed by atoms with van der Waals surface area (Å²) in [7, 11) is 0. The van der Waals surface area contributed by atoms with Crippen molar-refractivity contribution in [3.63, 3.8) is 0 Å². The van der Waals surface area contributed by atoms with Gasteiger partial charge in [-0.2, -0.15) is 0 Å². The van der Waals surface area contributed by atoms with E-state index in [0.717, 1.165) is 38.7 Å². The van der Waals surface area contributed by atoms with Crippen molar-refractivity contribution in [2.45, 2.75) is 20.8 Å². The number of pyridine rings is 1. The highest BCUT2D eigenvalue weighted by atomic mass is 35.5. The van der Waals surface area contributed by atoms with Crippen LogP contribution in [0.2, 0.25) is 5.02 Å². The van der Waals surface area contributed by atoms with E-state index in [-0.39, 0.29) is 0 Å². The highest BCUT2D eigenvalue weighted by Gasteiger charge is 2.09. The molecule has 26 heavy (non-hydrogen) atoms. The predicted octanol–water partition coefficient (Wildman–Crippen LogP) is 7.44. The van der Waals surface area contributed by atoms with Crippen LogP contribution in [0.4, 0.5) is 0 Å². The highest BCUT2D eigenvalue weighted by Crippen LogP contribution is 2.29. The second kappa shape index (κ2) is 8.16. The lowest BCUT2D eigenvalue weighted by Crippen LogP contribution is -1.94. The van der Waals surface area contributed by atoms with Crippen LogP contribution in [0.5, 0.6) is 0 Å². The third-order valence-electron chi connectivity index (χ3n) is 4.12. The van der Waals surface area contributed by atoms with Gasteiger partial charge in [0.1, 0.15) is 0 Å². The summed E-state index contributed by atoms with van der Waals surface area (Å²) in [4.78, 5) is 4.93. The molecular weight excluding hydrogens is 338 g/mol. The Morgan fingerprint density at radius 2 is 1.54 bits per heavy atom. The number of nitrogens with zero attached hydrogens (tertiary/aromatic N) is 1. The highest BCUT2D eigenvalue weighted by molar-refractivity contribution is 6.30. The van der Waals surface area contributed by atoms with Crippen LogP contribution in [0.15, 0.2) is 84.5 Å². The van der Waals surface area contributed by atoms with Crippen LogP contribution in [0.3, 0.4) is 0 Å². The van der Waals surface area contributed by atoms with Crippen molar-refractivity contribution < 1.29 is 0 Å². The maximum absolute atomic E-state index is 6.06. The number of hydrogen-bond donors (Lipinski definition) is 0. The zero-order valence-electron chi connectivity index (χ0n) is 15.3. The molecule has 1 nitrogen and oxygen atoms in total. The summed E-state index contributed by atoms with van der Waals surface area (Å²) in [6.45, 7) is 6.25. The fraction of sp³-hybridized carbons (Fsp3) is 0.125. The standard InChI is InChI=1S/C24H22ClN/c1-4-18(14-17(2)3)23-15-21(19-10-12-22(25)13-11-19)16-24(26-23)20-8-6-5-7-9-20/h4-16H,1-3H3/b18-4+. The summed E-state index contributed by atoms with van der Waals surface area (Å²) in [6, 6.07) is 22.5. The lowest BCUT2D eigenvalue weighted by molar-refractivity contribution is 1.27. The summed E-state index contributed by atoms with van der Waals surface area (Å²) < 4.78 is 0. The molecule has 0 atom stereocenters. The van der Waals surface area contributed by atoms with Crippen LogP contribution in [-0.4, -0.2) is 4.98 Å². The van der Waals surface area contributed by atoms with E-state index >= 15 is 0 Å². The van der Waals surface area contributed by atoms with E-state index in [1.165, 1.54) is 5.57 Å². The molecular formula is C24H22ClN. The Balaban J connectivity index is 2.20. The fourth-order valence-corrected chi connectivity index (χ4v) is 2.99. The molecule has 1 aromatic heterocycles. The molecule has 0 unspecified atom stereocenters. The third kappa shape index (κ3) is 4.30. The van der Waals surface area contributed by atoms with Gasteiger partial charge in [-0.1, -0.05) is 71.8 Å². The quantitative estimate of drug-likeness (QED) is 0.441. The Hall–Kier alpha value is -2.64. The molecule has 130 valence electrons. The molecule has 0 aliphatic heterocycles. The first-order valence-corrected chi connectivity index (χ1v) is 9.09. The van der Waals surface area contributed by atoms with Gasteiger partial charge in [0.15, 0.2) is 0 Å². The van der Waals surface area contributed by atoms with Crippen molar-refractivity contribution in [3.8, 4) is 22.4 Å². The Morgan fingerprint density at radius 3 is 2.15 bits per heavy atom. The summed E-state index contributed by atoms with van der Waals surface area (Å²) in [5, 5.41) is 0.741. The maximum Gasteiger partial charge on any atom is 0.0715 e. The van der Waals surface area contributed by atoms with Gasteiger partial charge in [-0.3, -0.25) is 0 Å². The van der Waals surface area contributed by atoms with Gasteiger partial charge >= 0.3 is 0 Å². The smallest absolute Gasteiger partial charge is 0.0715 e. The first-order chi connectivity index (χ1) is 12.6. The second-order valence-corrected chi connectivity index (χ2v) is 6.90. The molecule has 0 amide bonds. The zero-order valence-corrected chi connectivity index (χ0v) is 16.1. The van der Waals surface area contributed by atoms with Gasteiger partial charge in [-0.05, 0) is 61.7 Å². The van der Waals surface area contributed by atoms with E-state index in [1.807, 2.05) is 49.4 Å². The van der Waals surface area contributed by atoms with Crippen LogP contribution < -0.4 is 0 Å². The first-order valence-electron chi connectivity index (χ1n) is 8.72. The summed E-state index contributed by atoms with van der Waals surface area (Å²) >= 11 is 6.06. The molecule has 0 fully saturated rings. The fourth-order valence-electron chi connectivity index (χ4n) is 2.86. The van der Waals surface area contributed by atoms with E-state index in [9.17, 15) is 0 Å². The predicted molar refractivity (Wildman–Crippen MR) is 113 cm³/mol. The lowest BCUT2D eigenvalue weighted by Gasteiger charge is -2.11. The van der Waals surface area contributed by atoms with Crippen molar-refractivity contribution in [1.29, 1.82) is 0 Å². The normalized spacial score (nSPS) is 11.3. The summed E-state index contributed by atoms with van der Waals surface area (Å²) in [5.41, 5.74) is 7.68. The molecule has 2 heteroatoms. The Bertz CT molecular complexity index is 947. The molecule has 0 radical (unpaired) electrons. The number of hydrogen-bond acceptors (Lipinski definition) is 1. The van der Waals surface area contributed by atoms with Crippen molar-refractivity contribution in [2.75, 3.05) is 0 Å². The summed E-state index contributed by atoms with van der Waals surface area (Å²) in [6.07, 6.45) is 4.28. The van der Waals surface area contributed by atoms with Gasteiger partial charge in [-0.15, -0.1) is 0 Å². The van der Waals surface area contributed by atoms with Crippen molar-refractivity contribution >= 4 is 17.2 Å². The molecule has 3 aromatic rings. The lowest BCUT2D eigenvalue weighted by atomic mass is 9.99. The van der Waals surface area contributed by atoms with Gasteiger partial charge in [0, 0.05) is 10.6 Å². The molecule has 0 aliphatic rings. The minimum atomic E-state index is 0.741. The van der Waals surface area contributed by atoms with Crippen molar-refractivity contribution in [1.82, 2.24) is 4.98 Å². The van der Waals surface area contributed by atoms with Gasteiger partial charge in [-0.25, -0.2) is 4.98 Å². The van der Waals surface area contributed by atoms with Crippen molar-refractivity contribution in [3.05, 3.63) is 95.2 Å². The Morgan fingerprint density at radius 1 is 0.846 bits per heavy atom. The molecule has 0 saturated carbocycles. The average molecular weight is 360 g/mol. The molecule has 3 rings (SSSR count). The van der Waals surface area contributed by atoms with E-state index in [2.05, 4.69) is 50.3 Å². The molecule has 0 N–H and O–H groups in total. The molecule has 0 spiro atoms. The number of rotatable bonds is 4. The van der Waals surface area contributed by atoms with Crippen LogP contribution in [0.25, 0.3) is 28.0 Å². The number of allylic oxidation sites excluding steroid dienone is 4. The topological polar surface area (TPSA) is 12.9 Å². The second-order valence-electron chi connectivity index (χ2n) is 6.46. The zero-order chi connectivity index (χ0) is 18.5. The van der Waals surface area contributed by atoms with E-state index in [0.29, 0.717) is 0 Å². The SMILES string of the molecule is C/C=C(\C=C(C)C)c1cc(-c2ccc(Cl)cc2)cc(-c2ccccc2)n1. The largest absolute Gasteiger partial charge is 0.248 e. The Kier molecular flexibility index (Phi) is 5.70. The Labute approximate surface area is 160 Å². The first kappa shape index (κ1) is 18.2. The minimum absolute atomic E-state index is 0.741. The molecule has 1 heterocycles. The maximum atomic E-state index is 6.06. The van der Waals surface area contributed by atoms with Gasteiger partial charge in [0.2, 0.25) is 0 Å². The monoisotopic (exact) mass is 359 g/mol. The van der Waals surface area contributed by atoms with Gasteiger partial charge < -0.3 is 0 Å². The third-order valence-corrected chi connectivity index (χ3v) is 4.38.